The van der Waals surface area contributed by atoms with Crippen LogP contribution in [-0.2, 0) is 22.7 Å². The summed E-state index contributed by atoms with van der Waals surface area (Å²) in [5.74, 6) is -0.720. The first kappa shape index (κ1) is 18.1. The van der Waals surface area contributed by atoms with Crippen LogP contribution in [0.1, 0.15) is 15.9 Å². The maximum absolute atomic E-state index is 12.2. The molecule has 6 heteroatoms. The second-order valence-corrected chi connectivity index (χ2v) is 5.84. The average molecular weight is 362 g/mol. The lowest BCUT2D eigenvalue weighted by molar-refractivity contribution is -0.145. The fourth-order valence-corrected chi connectivity index (χ4v) is 2.42. The van der Waals surface area contributed by atoms with Crippen LogP contribution in [0.5, 0.6) is 0 Å². The Kier molecular flexibility index (Phi) is 5.79. The molecule has 3 aromatic rings. The summed E-state index contributed by atoms with van der Waals surface area (Å²) >= 11 is 0. The highest BCUT2D eigenvalue weighted by atomic mass is 16.5. The number of rotatable bonds is 6. The van der Waals surface area contributed by atoms with Gasteiger partial charge in [-0.15, -0.1) is 0 Å². The van der Waals surface area contributed by atoms with Crippen molar-refractivity contribution < 1.29 is 14.3 Å². The highest BCUT2D eigenvalue weighted by molar-refractivity contribution is 6.04. The zero-order valence-electron chi connectivity index (χ0n) is 14.5. The highest BCUT2D eigenvalue weighted by Gasteiger charge is 2.08. The molecule has 0 aliphatic rings. The van der Waals surface area contributed by atoms with Crippen LogP contribution >= 0.6 is 0 Å². The normalized spacial score (nSPS) is 10.2. The first-order valence-corrected chi connectivity index (χ1v) is 8.38. The number of nitrogens with zero attached hydrogens (tertiary/aromatic N) is 1. The van der Waals surface area contributed by atoms with Gasteiger partial charge in [-0.25, -0.2) is 0 Å². The Morgan fingerprint density at radius 1 is 0.889 bits per heavy atom. The van der Waals surface area contributed by atoms with Crippen LogP contribution in [0, 0.1) is 0 Å². The van der Waals surface area contributed by atoms with Gasteiger partial charge >= 0.3 is 5.97 Å². The van der Waals surface area contributed by atoms with Crippen LogP contribution in [0.4, 0.5) is 5.69 Å². The first-order valence-electron chi connectivity index (χ1n) is 8.38. The third-order valence-corrected chi connectivity index (χ3v) is 3.85. The van der Waals surface area contributed by atoms with Gasteiger partial charge in [0.15, 0.2) is 0 Å². The van der Waals surface area contributed by atoms with Crippen LogP contribution in [0.2, 0.25) is 0 Å². The van der Waals surface area contributed by atoms with E-state index in [1.807, 2.05) is 30.3 Å². The van der Waals surface area contributed by atoms with Gasteiger partial charge in [-0.05, 0) is 35.9 Å². The van der Waals surface area contributed by atoms with Gasteiger partial charge in [0.05, 0.1) is 0 Å². The lowest BCUT2D eigenvalue weighted by atomic mass is 10.1. The van der Waals surface area contributed by atoms with Gasteiger partial charge in [-0.3, -0.25) is 14.4 Å². The molecule has 0 unspecified atom stereocenters. The minimum atomic E-state index is -0.505. The third-order valence-electron chi connectivity index (χ3n) is 3.85. The van der Waals surface area contributed by atoms with Gasteiger partial charge in [0.2, 0.25) is 0 Å². The van der Waals surface area contributed by atoms with Crippen molar-refractivity contribution in [3.8, 4) is 0 Å². The molecule has 0 saturated carbocycles. The van der Waals surface area contributed by atoms with Crippen molar-refractivity contribution in [2.45, 2.75) is 13.2 Å². The predicted octanol–water partition coefficient (Wildman–Crippen LogP) is 2.84. The number of amides is 1. The predicted molar refractivity (Wildman–Crippen MR) is 101 cm³/mol. The van der Waals surface area contributed by atoms with E-state index in [0.29, 0.717) is 5.56 Å². The molecule has 0 radical (unpaired) electrons. The zero-order chi connectivity index (χ0) is 19.1. The summed E-state index contributed by atoms with van der Waals surface area (Å²) in [4.78, 5) is 35.6. The molecule has 0 saturated heterocycles. The molecule has 0 fully saturated rings. The van der Waals surface area contributed by atoms with Gasteiger partial charge in [0.1, 0.15) is 13.2 Å². The molecule has 1 N–H and O–H groups in total. The van der Waals surface area contributed by atoms with Crippen molar-refractivity contribution in [2.75, 3.05) is 5.32 Å². The second-order valence-electron chi connectivity index (χ2n) is 5.84. The molecule has 136 valence electrons. The number of hydrogen-bond donors (Lipinski definition) is 1. The minimum Gasteiger partial charge on any atom is -0.459 e. The van der Waals surface area contributed by atoms with E-state index >= 15 is 0 Å². The van der Waals surface area contributed by atoms with Crippen LogP contribution in [-0.4, -0.2) is 16.4 Å². The van der Waals surface area contributed by atoms with E-state index in [-0.39, 0.29) is 24.6 Å². The summed E-state index contributed by atoms with van der Waals surface area (Å²) < 4.78 is 6.46. The van der Waals surface area contributed by atoms with Gasteiger partial charge < -0.3 is 14.6 Å². The van der Waals surface area contributed by atoms with Gasteiger partial charge in [-0.2, -0.15) is 0 Å². The number of carbonyl (C=O) groups excluding carboxylic acids is 2. The second kappa shape index (κ2) is 8.62. The van der Waals surface area contributed by atoms with E-state index in [4.69, 9.17) is 4.74 Å². The van der Waals surface area contributed by atoms with E-state index in [2.05, 4.69) is 5.32 Å². The summed E-state index contributed by atoms with van der Waals surface area (Å²) in [7, 11) is 0. The molecule has 0 spiro atoms. The molecule has 0 bridgehead atoms. The number of pyridine rings is 1. The van der Waals surface area contributed by atoms with Crippen molar-refractivity contribution in [3.63, 3.8) is 0 Å². The lowest BCUT2D eigenvalue weighted by Crippen LogP contribution is -2.23. The van der Waals surface area contributed by atoms with Crippen molar-refractivity contribution >= 4 is 17.6 Å². The fourth-order valence-electron chi connectivity index (χ4n) is 2.42. The number of aromatic nitrogens is 1. The first-order chi connectivity index (χ1) is 13.1. The fraction of sp³-hybridized carbons (Fsp3) is 0.0952. The number of benzene rings is 2. The smallest absolute Gasteiger partial charge is 0.326 e. The van der Waals surface area contributed by atoms with Crippen molar-refractivity contribution in [1.82, 2.24) is 4.57 Å². The molecule has 1 aromatic heterocycles. The number of nitrogens with one attached hydrogen (secondary N) is 1. The molecule has 1 heterocycles. The molecular weight excluding hydrogens is 344 g/mol. The number of para-hydroxylation sites is 1. The van der Waals surface area contributed by atoms with E-state index in [1.165, 1.54) is 16.8 Å². The van der Waals surface area contributed by atoms with Crippen molar-refractivity contribution in [1.29, 1.82) is 0 Å². The third kappa shape index (κ3) is 5.15. The lowest BCUT2D eigenvalue weighted by Gasteiger charge is -2.08. The number of carbonyl (C=O) groups is 2. The van der Waals surface area contributed by atoms with Crippen molar-refractivity contribution in [3.05, 3.63) is 100 Å². The van der Waals surface area contributed by atoms with Crippen LogP contribution in [0.3, 0.4) is 0 Å². The molecular formula is C21H18N2O4. The van der Waals surface area contributed by atoms with E-state index < -0.39 is 5.97 Å². The molecule has 0 aliphatic heterocycles. The minimum absolute atomic E-state index is 0.0704. The average Bonchev–Trinajstić information content (AvgIpc) is 2.69. The Hall–Kier alpha value is -3.67. The van der Waals surface area contributed by atoms with Crippen LogP contribution in [0.15, 0.2) is 83.8 Å². The number of anilines is 1. The molecule has 27 heavy (non-hydrogen) atoms. The molecule has 0 aliphatic carbocycles. The SMILES string of the molecule is O=C(Cn1ccccc1=O)OCc1ccc(C(=O)Nc2ccccc2)cc1. The Morgan fingerprint density at radius 2 is 1.59 bits per heavy atom. The van der Waals surface area contributed by atoms with E-state index in [9.17, 15) is 14.4 Å². The molecule has 1 amide bonds. The van der Waals surface area contributed by atoms with E-state index in [0.717, 1.165) is 11.3 Å². The molecule has 6 nitrogen and oxygen atoms in total. The summed E-state index contributed by atoms with van der Waals surface area (Å²) in [5.41, 5.74) is 1.71. The Morgan fingerprint density at radius 3 is 2.30 bits per heavy atom. The summed E-state index contributed by atoms with van der Waals surface area (Å²) in [6.45, 7) is -0.0712. The monoisotopic (exact) mass is 362 g/mol. The van der Waals surface area contributed by atoms with E-state index in [1.54, 1.807) is 36.4 Å². The Labute approximate surface area is 156 Å². The summed E-state index contributed by atoms with van der Waals surface area (Å²) in [6.07, 6.45) is 1.53. The summed E-state index contributed by atoms with van der Waals surface area (Å²) in [6, 6.07) is 20.6. The van der Waals surface area contributed by atoms with Crippen molar-refractivity contribution in [2.24, 2.45) is 0 Å². The van der Waals surface area contributed by atoms with Gasteiger partial charge in [0, 0.05) is 23.5 Å². The highest BCUT2D eigenvalue weighted by Crippen LogP contribution is 2.10. The maximum Gasteiger partial charge on any atom is 0.326 e. The Balaban J connectivity index is 1.53. The summed E-state index contributed by atoms with van der Waals surface area (Å²) in [5, 5.41) is 2.80. The van der Waals surface area contributed by atoms with Crippen LogP contribution in [0.25, 0.3) is 0 Å². The molecule has 0 atom stereocenters. The van der Waals surface area contributed by atoms with Gasteiger partial charge in [-0.1, -0.05) is 36.4 Å². The van der Waals surface area contributed by atoms with Crippen LogP contribution < -0.4 is 10.9 Å². The number of ether oxygens (including phenoxy) is 1. The topological polar surface area (TPSA) is 77.4 Å². The van der Waals surface area contributed by atoms with Gasteiger partial charge in [0.25, 0.3) is 11.5 Å². The number of hydrogen-bond acceptors (Lipinski definition) is 4. The largest absolute Gasteiger partial charge is 0.459 e. The quantitative estimate of drug-likeness (QED) is 0.684. The standard InChI is InChI=1S/C21H18N2O4/c24-19-8-4-5-13-23(19)14-20(25)27-15-16-9-11-17(12-10-16)21(26)22-18-6-2-1-3-7-18/h1-13H,14-15H2,(H,22,26). The zero-order valence-corrected chi connectivity index (χ0v) is 14.5. The molecule has 3 rings (SSSR count). The molecule has 2 aromatic carbocycles. The Bertz CT molecular complexity index is 979. The number of esters is 1. The maximum atomic E-state index is 12.2.